The number of nitrogens with one attached hydrogen (secondary N) is 1. The summed E-state index contributed by atoms with van der Waals surface area (Å²) in [7, 11) is 0. The van der Waals surface area contributed by atoms with Crippen LogP contribution < -0.4 is 11.1 Å². The zero-order valence-corrected chi connectivity index (χ0v) is 9.40. The third-order valence-corrected chi connectivity index (χ3v) is 2.08. The molecule has 0 atom stereocenters. The van der Waals surface area contributed by atoms with Gasteiger partial charge in [0.1, 0.15) is 22.3 Å². The van der Waals surface area contributed by atoms with Gasteiger partial charge in [-0.1, -0.05) is 24.4 Å². The number of thiocarbonyl (C=S) groups is 1. The van der Waals surface area contributed by atoms with Crippen molar-refractivity contribution in [2.75, 3.05) is 5.32 Å². The third kappa shape index (κ3) is 3.25. The summed E-state index contributed by atoms with van der Waals surface area (Å²) in [6.45, 7) is 0. The first-order chi connectivity index (χ1) is 8.06. The van der Waals surface area contributed by atoms with Crippen LogP contribution in [0.15, 0.2) is 36.0 Å². The largest absolute Gasteiger partial charge is 0.389 e. The molecule has 1 aromatic carbocycles. The topological polar surface area (TPSA) is 105 Å². The molecule has 0 saturated carbocycles. The number of nitriles is 1. The summed E-state index contributed by atoms with van der Waals surface area (Å²) in [5.41, 5.74) is 5.50. The molecule has 1 rings (SSSR count). The average molecular weight is 248 g/mol. The van der Waals surface area contributed by atoms with Crippen LogP contribution in [-0.2, 0) is 0 Å². The highest BCUT2D eigenvalue weighted by Crippen LogP contribution is 2.23. The maximum atomic E-state index is 10.7. The molecule has 0 spiro atoms. The molecule has 0 unspecified atom stereocenters. The molecule has 0 amide bonds. The van der Waals surface area contributed by atoms with Crippen molar-refractivity contribution in [3.63, 3.8) is 0 Å². The molecule has 0 radical (unpaired) electrons. The van der Waals surface area contributed by atoms with Gasteiger partial charge in [-0.15, -0.1) is 0 Å². The first kappa shape index (κ1) is 12.6. The molecule has 0 fully saturated rings. The van der Waals surface area contributed by atoms with E-state index in [0.717, 1.165) is 0 Å². The number of hydrogen-bond donors (Lipinski definition) is 2. The predicted octanol–water partition coefficient (Wildman–Crippen LogP) is 1.70. The van der Waals surface area contributed by atoms with Gasteiger partial charge in [0.25, 0.3) is 5.69 Å². The van der Waals surface area contributed by atoms with Crippen molar-refractivity contribution in [1.82, 2.24) is 0 Å². The Morgan fingerprint density at radius 2 is 2.24 bits per heavy atom. The number of hydrogen-bond acceptors (Lipinski definition) is 5. The Balaban J connectivity index is 3.01. The summed E-state index contributed by atoms with van der Waals surface area (Å²) in [6, 6.07) is 7.83. The lowest BCUT2D eigenvalue weighted by molar-refractivity contribution is -0.383. The molecule has 86 valence electrons. The first-order valence-corrected chi connectivity index (χ1v) is 4.87. The highest BCUT2D eigenvalue weighted by atomic mass is 32.1. The lowest BCUT2D eigenvalue weighted by Crippen LogP contribution is -2.11. The number of nitrogens with two attached hydrogens (primary N) is 1. The van der Waals surface area contributed by atoms with Crippen molar-refractivity contribution in [3.8, 4) is 6.07 Å². The molecule has 17 heavy (non-hydrogen) atoms. The maximum absolute atomic E-state index is 10.7. The molecule has 0 aliphatic carbocycles. The second-order valence-electron chi connectivity index (χ2n) is 2.95. The number of benzene rings is 1. The van der Waals surface area contributed by atoms with Crippen molar-refractivity contribution in [3.05, 3.63) is 46.2 Å². The molecule has 0 aliphatic heterocycles. The van der Waals surface area contributed by atoms with Crippen LogP contribution in [0.25, 0.3) is 0 Å². The van der Waals surface area contributed by atoms with E-state index in [1.54, 1.807) is 18.2 Å². The Labute approximate surface area is 102 Å². The van der Waals surface area contributed by atoms with E-state index in [1.165, 1.54) is 18.3 Å². The number of nitro benzene ring substituents is 1. The third-order valence-electron chi connectivity index (χ3n) is 1.86. The van der Waals surface area contributed by atoms with Crippen LogP contribution >= 0.6 is 12.2 Å². The maximum Gasteiger partial charge on any atom is 0.292 e. The minimum Gasteiger partial charge on any atom is -0.389 e. The van der Waals surface area contributed by atoms with E-state index >= 15 is 0 Å². The summed E-state index contributed by atoms with van der Waals surface area (Å²) in [5.74, 6) is 0. The fraction of sp³-hybridized carbons (Fsp3) is 0. The molecule has 7 heteroatoms. The molecular weight excluding hydrogens is 240 g/mol. The van der Waals surface area contributed by atoms with Gasteiger partial charge in [-0.05, 0) is 6.07 Å². The van der Waals surface area contributed by atoms with Gasteiger partial charge in [0, 0.05) is 12.3 Å². The normalized spacial score (nSPS) is 10.4. The van der Waals surface area contributed by atoms with Crippen LogP contribution in [0.1, 0.15) is 0 Å². The fourth-order valence-corrected chi connectivity index (χ4v) is 1.17. The summed E-state index contributed by atoms with van der Waals surface area (Å²) in [5, 5.41) is 22.0. The van der Waals surface area contributed by atoms with Crippen LogP contribution in [0.4, 0.5) is 11.4 Å². The van der Waals surface area contributed by atoms with E-state index in [-0.39, 0.29) is 21.9 Å². The van der Waals surface area contributed by atoms with E-state index in [2.05, 4.69) is 17.5 Å². The van der Waals surface area contributed by atoms with Gasteiger partial charge < -0.3 is 11.1 Å². The number of nitrogens with zero attached hydrogens (tertiary/aromatic N) is 2. The van der Waals surface area contributed by atoms with Gasteiger partial charge in [0.15, 0.2) is 0 Å². The molecule has 0 saturated heterocycles. The van der Waals surface area contributed by atoms with Crippen molar-refractivity contribution in [2.45, 2.75) is 0 Å². The minimum absolute atomic E-state index is 0.0538. The minimum atomic E-state index is -0.525. The van der Waals surface area contributed by atoms with E-state index in [0.29, 0.717) is 0 Å². The summed E-state index contributed by atoms with van der Waals surface area (Å²) >= 11 is 4.63. The van der Waals surface area contributed by atoms with E-state index < -0.39 is 4.92 Å². The summed E-state index contributed by atoms with van der Waals surface area (Å²) < 4.78 is 0. The quantitative estimate of drug-likeness (QED) is 0.276. The summed E-state index contributed by atoms with van der Waals surface area (Å²) in [6.07, 6.45) is 1.24. The highest BCUT2D eigenvalue weighted by Gasteiger charge is 2.11. The second kappa shape index (κ2) is 5.58. The van der Waals surface area contributed by atoms with Crippen molar-refractivity contribution < 1.29 is 4.92 Å². The van der Waals surface area contributed by atoms with Gasteiger partial charge in [-0.25, -0.2) is 0 Å². The number of nitro groups is 1. The molecule has 1 aromatic rings. The Kier molecular flexibility index (Phi) is 4.14. The highest BCUT2D eigenvalue weighted by molar-refractivity contribution is 7.80. The van der Waals surface area contributed by atoms with Gasteiger partial charge in [-0.2, -0.15) is 5.26 Å². The van der Waals surface area contributed by atoms with Crippen LogP contribution in [-0.4, -0.2) is 9.91 Å². The molecule has 3 N–H and O–H groups in total. The average Bonchev–Trinajstić information content (AvgIpc) is 2.29. The lowest BCUT2D eigenvalue weighted by atomic mass is 10.2. The zero-order valence-electron chi connectivity index (χ0n) is 8.58. The van der Waals surface area contributed by atoms with Gasteiger partial charge in [0.2, 0.25) is 0 Å². The van der Waals surface area contributed by atoms with Crippen molar-refractivity contribution >= 4 is 28.6 Å². The van der Waals surface area contributed by atoms with Crippen LogP contribution in [0.2, 0.25) is 0 Å². The monoisotopic (exact) mass is 248 g/mol. The van der Waals surface area contributed by atoms with Crippen LogP contribution in [0.5, 0.6) is 0 Å². The molecule has 0 aromatic heterocycles. The van der Waals surface area contributed by atoms with Crippen molar-refractivity contribution in [2.24, 2.45) is 5.73 Å². The Morgan fingerprint density at radius 1 is 1.59 bits per heavy atom. The fourth-order valence-electron chi connectivity index (χ4n) is 1.06. The molecular formula is C10H8N4O2S. The van der Waals surface area contributed by atoms with Crippen molar-refractivity contribution in [1.29, 1.82) is 5.26 Å². The van der Waals surface area contributed by atoms with Gasteiger partial charge in [0.05, 0.1) is 4.92 Å². The number of anilines is 1. The van der Waals surface area contributed by atoms with Gasteiger partial charge >= 0.3 is 0 Å². The molecule has 0 heterocycles. The molecule has 0 aliphatic rings. The zero-order chi connectivity index (χ0) is 12.8. The Hall–Kier alpha value is -2.46. The standard InChI is InChI=1S/C10H8N4O2S/c11-5-7(10(12)17)6-13-8-3-1-2-4-9(8)14(15)16/h1-4,6,13H,(H2,12,17)/b7-6+. The van der Waals surface area contributed by atoms with E-state index in [4.69, 9.17) is 11.0 Å². The van der Waals surface area contributed by atoms with E-state index in [9.17, 15) is 10.1 Å². The Morgan fingerprint density at radius 3 is 2.76 bits per heavy atom. The second-order valence-corrected chi connectivity index (χ2v) is 3.39. The van der Waals surface area contributed by atoms with Gasteiger partial charge in [-0.3, -0.25) is 10.1 Å². The number of para-hydroxylation sites is 2. The van der Waals surface area contributed by atoms with Crippen LogP contribution in [0.3, 0.4) is 0 Å². The smallest absolute Gasteiger partial charge is 0.292 e. The van der Waals surface area contributed by atoms with Crippen LogP contribution in [0, 0.1) is 21.4 Å². The van der Waals surface area contributed by atoms with E-state index in [1.807, 2.05) is 0 Å². The lowest BCUT2D eigenvalue weighted by Gasteiger charge is -2.02. The SMILES string of the molecule is N#C/C(=C\Nc1ccccc1[N+](=O)[O-])C(N)=S. The first-order valence-electron chi connectivity index (χ1n) is 4.46. The number of rotatable bonds is 4. The molecule has 6 nitrogen and oxygen atoms in total. The summed E-state index contributed by atoms with van der Waals surface area (Å²) in [4.78, 5) is 10.1. The molecule has 0 bridgehead atoms. The predicted molar refractivity (Wildman–Crippen MR) is 67.2 cm³/mol. The Bertz CT molecular complexity index is 533.